The first-order valence-electron chi connectivity index (χ1n) is 7.06. The minimum absolute atomic E-state index is 0.153. The lowest BCUT2D eigenvalue weighted by molar-refractivity contribution is 0.144. The van der Waals surface area contributed by atoms with Crippen molar-refractivity contribution in [1.29, 1.82) is 0 Å². The van der Waals surface area contributed by atoms with Gasteiger partial charge in [-0.15, -0.1) is 0 Å². The van der Waals surface area contributed by atoms with Crippen molar-refractivity contribution < 1.29 is 4.74 Å². The summed E-state index contributed by atoms with van der Waals surface area (Å²) in [4.78, 5) is 4.17. The summed E-state index contributed by atoms with van der Waals surface area (Å²) in [5.74, 6) is 0.954. The summed E-state index contributed by atoms with van der Waals surface area (Å²) in [5, 5.41) is 5.04. The standard InChI is InChI=1S/C16H15Cl3N2O/c17-12-1-2-15(14(19)6-12)22-16(10-3-4-20-7-10)11-5-13(18)9-21-8-11/h1-2,5-6,8-10,16,20H,3-4,7H2. The van der Waals surface area contributed by atoms with Crippen LogP contribution in [0.4, 0.5) is 0 Å². The molecule has 0 radical (unpaired) electrons. The number of benzene rings is 1. The van der Waals surface area contributed by atoms with Crippen LogP contribution in [-0.2, 0) is 0 Å². The maximum atomic E-state index is 6.23. The van der Waals surface area contributed by atoms with Gasteiger partial charge in [0.05, 0.1) is 10.0 Å². The van der Waals surface area contributed by atoms with E-state index in [-0.39, 0.29) is 6.10 Å². The van der Waals surface area contributed by atoms with Crippen LogP contribution in [0.1, 0.15) is 18.1 Å². The van der Waals surface area contributed by atoms with Crippen LogP contribution in [0.25, 0.3) is 0 Å². The van der Waals surface area contributed by atoms with Crippen LogP contribution in [0.2, 0.25) is 15.1 Å². The van der Waals surface area contributed by atoms with Crippen molar-refractivity contribution in [1.82, 2.24) is 10.3 Å². The molecule has 2 heterocycles. The zero-order chi connectivity index (χ0) is 15.5. The van der Waals surface area contributed by atoms with Crippen LogP contribution in [-0.4, -0.2) is 18.1 Å². The average molecular weight is 358 g/mol. The second-order valence-corrected chi connectivity index (χ2v) is 6.58. The second-order valence-electron chi connectivity index (χ2n) is 5.30. The van der Waals surface area contributed by atoms with Gasteiger partial charge < -0.3 is 10.1 Å². The number of hydrogen-bond acceptors (Lipinski definition) is 3. The molecule has 3 nitrogen and oxygen atoms in total. The average Bonchev–Trinajstić information content (AvgIpc) is 3.00. The van der Waals surface area contributed by atoms with Gasteiger partial charge in [0.25, 0.3) is 0 Å². The molecule has 0 amide bonds. The Morgan fingerprint density at radius 2 is 2.00 bits per heavy atom. The van der Waals surface area contributed by atoms with Gasteiger partial charge in [0, 0.05) is 35.4 Å². The van der Waals surface area contributed by atoms with Gasteiger partial charge in [0.15, 0.2) is 0 Å². The fourth-order valence-corrected chi connectivity index (χ4v) is 3.30. The molecule has 1 aromatic carbocycles. The first-order chi connectivity index (χ1) is 10.6. The number of nitrogens with one attached hydrogen (secondary N) is 1. The van der Waals surface area contributed by atoms with E-state index in [0.717, 1.165) is 25.1 Å². The summed E-state index contributed by atoms with van der Waals surface area (Å²) in [7, 11) is 0. The molecule has 0 saturated carbocycles. The molecule has 22 heavy (non-hydrogen) atoms. The fourth-order valence-electron chi connectivity index (χ4n) is 2.66. The van der Waals surface area contributed by atoms with Gasteiger partial charge >= 0.3 is 0 Å². The highest BCUT2D eigenvalue weighted by atomic mass is 35.5. The summed E-state index contributed by atoms with van der Waals surface area (Å²) in [5.41, 5.74) is 0.951. The van der Waals surface area contributed by atoms with E-state index in [4.69, 9.17) is 39.5 Å². The molecule has 1 aliphatic heterocycles. The van der Waals surface area contributed by atoms with E-state index in [1.165, 1.54) is 0 Å². The summed E-state index contributed by atoms with van der Waals surface area (Å²) in [6, 6.07) is 7.13. The third-order valence-corrected chi connectivity index (χ3v) is 4.47. The van der Waals surface area contributed by atoms with Gasteiger partial charge in [-0.25, -0.2) is 0 Å². The third kappa shape index (κ3) is 3.66. The highest BCUT2D eigenvalue weighted by molar-refractivity contribution is 6.35. The van der Waals surface area contributed by atoms with Crippen molar-refractivity contribution in [3.05, 3.63) is 57.3 Å². The van der Waals surface area contributed by atoms with Crippen LogP contribution in [0.15, 0.2) is 36.7 Å². The van der Waals surface area contributed by atoms with E-state index < -0.39 is 0 Å². The number of halogens is 3. The smallest absolute Gasteiger partial charge is 0.138 e. The summed E-state index contributed by atoms with van der Waals surface area (Å²) >= 11 is 18.2. The lowest BCUT2D eigenvalue weighted by Crippen LogP contribution is -2.21. The minimum atomic E-state index is -0.153. The Hall–Kier alpha value is -1.000. The molecule has 3 rings (SSSR count). The van der Waals surface area contributed by atoms with E-state index in [1.807, 2.05) is 6.07 Å². The quantitative estimate of drug-likeness (QED) is 0.855. The number of ether oxygens (including phenoxy) is 1. The topological polar surface area (TPSA) is 34.1 Å². The van der Waals surface area contributed by atoms with Gasteiger partial charge in [0.2, 0.25) is 0 Å². The molecule has 1 fully saturated rings. The Morgan fingerprint density at radius 3 is 2.68 bits per heavy atom. The molecule has 1 aromatic heterocycles. The molecule has 0 spiro atoms. The molecule has 2 atom stereocenters. The third-order valence-electron chi connectivity index (χ3n) is 3.73. The molecule has 0 bridgehead atoms. The maximum Gasteiger partial charge on any atom is 0.138 e. The first-order valence-corrected chi connectivity index (χ1v) is 8.20. The van der Waals surface area contributed by atoms with Crippen LogP contribution in [0.5, 0.6) is 5.75 Å². The largest absolute Gasteiger partial charge is 0.484 e. The van der Waals surface area contributed by atoms with E-state index in [9.17, 15) is 0 Å². The summed E-state index contributed by atoms with van der Waals surface area (Å²) in [6.07, 6.45) is 4.28. The van der Waals surface area contributed by atoms with Crippen molar-refractivity contribution in [3.63, 3.8) is 0 Å². The van der Waals surface area contributed by atoms with Crippen LogP contribution in [0, 0.1) is 5.92 Å². The molecule has 1 aliphatic rings. The number of hydrogen-bond donors (Lipinski definition) is 1. The molecule has 1 N–H and O–H groups in total. The maximum absolute atomic E-state index is 6.23. The molecular weight excluding hydrogens is 343 g/mol. The first kappa shape index (κ1) is 15.9. The van der Waals surface area contributed by atoms with Crippen molar-refractivity contribution in [2.75, 3.05) is 13.1 Å². The zero-order valence-corrected chi connectivity index (χ0v) is 14.0. The number of pyridine rings is 1. The molecule has 6 heteroatoms. The van der Waals surface area contributed by atoms with Gasteiger partial charge in [-0.3, -0.25) is 4.98 Å². The van der Waals surface area contributed by atoms with Crippen LogP contribution < -0.4 is 10.1 Å². The summed E-state index contributed by atoms with van der Waals surface area (Å²) < 4.78 is 6.20. The number of aromatic nitrogens is 1. The monoisotopic (exact) mass is 356 g/mol. The van der Waals surface area contributed by atoms with E-state index in [1.54, 1.807) is 30.6 Å². The Morgan fingerprint density at radius 1 is 1.14 bits per heavy atom. The highest BCUT2D eigenvalue weighted by Crippen LogP contribution is 2.36. The Bertz CT molecular complexity index is 660. The molecule has 0 aliphatic carbocycles. The SMILES string of the molecule is Clc1cncc(C(Oc2ccc(Cl)cc2Cl)C2CCNC2)c1. The van der Waals surface area contributed by atoms with E-state index in [0.29, 0.717) is 26.7 Å². The van der Waals surface area contributed by atoms with Gasteiger partial charge in [-0.2, -0.15) is 0 Å². The zero-order valence-electron chi connectivity index (χ0n) is 11.7. The minimum Gasteiger partial charge on any atom is -0.484 e. The normalized spacial score (nSPS) is 19.1. The predicted octanol–water partition coefficient (Wildman–Crippen LogP) is 4.77. The van der Waals surface area contributed by atoms with Crippen LogP contribution in [0.3, 0.4) is 0 Å². The second kappa shape index (κ2) is 7.05. The van der Waals surface area contributed by atoms with Crippen molar-refractivity contribution >= 4 is 34.8 Å². The van der Waals surface area contributed by atoms with Crippen molar-refractivity contribution in [2.24, 2.45) is 5.92 Å². The van der Waals surface area contributed by atoms with Crippen molar-refractivity contribution in [3.8, 4) is 5.75 Å². The molecule has 1 saturated heterocycles. The predicted molar refractivity (Wildman–Crippen MR) is 90.1 cm³/mol. The lowest BCUT2D eigenvalue weighted by Gasteiger charge is -2.25. The summed E-state index contributed by atoms with van der Waals surface area (Å²) in [6.45, 7) is 1.87. The highest BCUT2D eigenvalue weighted by Gasteiger charge is 2.29. The van der Waals surface area contributed by atoms with Gasteiger partial charge in [-0.1, -0.05) is 34.8 Å². The van der Waals surface area contributed by atoms with Crippen LogP contribution >= 0.6 is 34.8 Å². The number of nitrogens with zero attached hydrogens (tertiary/aromatic N) is 1. The lowest BCUT2D eigenvalue weighted by atomic mass is 9.96. The van der Waals surface area contributed by atoms with Gasteiger partial charge in [0.1, 0.15) is 11.9 Å². The Balaban J connectivity index is 1.91. The molecule has 116 valence electrons. The molecule has 2 aromatic rings. The fraction of sp³-hybridized carbons (Fsp3) is 0.312. The molecule has 2 unspecified atom stereocenters. The number of rotatable bonds is 4. The van der Waals surface area contributed by atoms with Gasteiger partial charge in [-0.05, 0) is 37.2 Å². The van der Waals surface area contributed by atoms with E-state index >= 15 is 0 Å². The van der Waals surface area contributed by atoms with Crippen molar-refractivity contribution in [2.45, 2.75) is 12.5 Å². The molecular formula is C16H15Cl3N2O. The Kier molecular flexibility index (Phi) is 5.09. The Labute approximate surface area is 144 Å². The van der Waals surface area contributed by atoms with E-state index in [2.05, 4.69) is 10.3 Å².